The average molecular weight is 407 g/mol. The minimum atomic E-state index is -4.46. The van der Waals surface area contributed by atoms with E-state index in [4.69, 9.17) is 9.47 Å². The second-order valence-electron chi connectivity index (χ2n) is 6.37. The van der Waals surface area contributed by atoms with Gasteiger partial charge in [0, 0.05) is 11.8 Å². The van der Waals surface area contributed by atoms with Crippen LogP contribution in [0.2, 0.25) is 0 Å². The smallest absolute Gasteiger partial charge is 0.416 e. The summed E-state index contributed by atoms with van der Waals surface area (Å²) in [5, 5.41) is 2.42. The first-order chi connectivity index (χ1) is 13.8. The first-order valence-corrected chi connectivity index (χ1v) is 9.30. The Balaban J connectivity index is 2.01. The number of hydrogen-bond donors (Lipinski definition) is 1. The summed E-state index contributed by atoms with van der Waals surface area (Å²) in [6, 6.07) is 9.73. The number of carbonyl (C=O) groups excluding carboxylic acids is 1. The highest BCUT2D eigenvalue weighted by Crippen LogP contribution is 2.31. The van der Waals surface area contributed by atoms with Crippen molar-refractivity contribution in [3.63, 3.8) is 0 Å². The summed E-state index contributed by atoms with van der Waals surface area (Å²) in [5.41, 5.74) is -0.0524. The Morgan fingerprint density at radius 1 is 1.10 bits per heavy atom. The number of rotatable bonds is 9. The van der Waals surface area contributed by atoms with Crippen LogP contribution in [0.25, 0.3) is 6.08 Å². The van der Waals surface area contributed by atoms with Crippen molar-refractivity contribution in [3.05, 3.63) is 59.7 Å². The first-order valence-electron chi connectivity index (χ1n) is 9.30. The molecule has 29 heavy (non-hydrogen) atoms. The van der Waals surface area contributed by atoms with E-state index in [1.165, 1.54) is 25.3 Å². The van der Waals surface area contributed by atoms with Gasteiger partial charge in [-0.3, -0.25) is 4.79 Å². The zero-order valence-corrected chi connectivity index (χ0v) is 16.4. The van der Waals surface area contributed by atoms with Crippen molar-refractivity contribution in [2.45, 2.75) is 32.4 Å². The zero-order chi connectivity index (χ0) is 21.3. The summed E-state index contributed by atoms with van der Waals surface area (Å²) >= 11 is 0. The van der Waals surface area contributed by atoms with Crippen LogP contribution in [0.4, 0.5) is 18.9 Å². The second kappa shape index (κ2) is 10.5. The highest BCUT2D eigenvalue weighted by atomic mass is 19.4. The minimum absolute atomic E-state index is 0.0721. The van der Waals surface area contributed by atoms with Gasteiger partial charge in [0.25, 0.3) is 0 Å². The number of methoxy groups -OCH3 is 1. The van der Waals surface area contributed by atoms with Crippen LogP contribution in [0, 0.1) is 0 Å². The zero-order valence-electron chi connectivity index (χ0n) is 16.4. The normalized spacial score (nSPS) is 11.5. The van der Waals surface area contributed by atoms with Crippen molar-refractivity contribution < 1.29 is 27.4 Å². The number of halogens is 3. The van der Waals surface area contributed by atoms with Gasteiger partial charge in [0.05, 0.1) is 19.3 Å². The maximum Gasteiger partial charge on any atom is 0.416 e. The molecule has 4 nitrogen and oxygen atoms in total. The number of carbonyl (C=O) groups is 1. The van der Waals surface area contributed by atoms with E-state index in [0.717, 1.165) is 31.4 Å². The Labute approximate surface area is 168 Å². The van der Waals surface area contributed by atoms with Gasteiger partial charge in [0.2, 0.25) is 5.91 Å². The summed E-state index contributed by atoms with van der Waals surface area (Å²) in [6.45, 7) is 2.71. The lowest BCUT2D eigenvalue weighted by molar-refractivity contribution is -0.137. The average Bonchev–Trinajstić information content (AvgIpc) is 2.69. The molecule has 7 heteroatoms. The van der Waals surface area contributed by atoms with Gasteiger partial charge in [0.1, 0.15) is 0 Å². The summed E-state index contributed by atoms with van der Waals surface area (Å²) in [4.78, 5) is 12.0. The molecule has 0 radical (unpaired) electrons. The van der Waals surface area contributed by atoms with Crippen LogP contribution < -0.4 is 14.8 Å². The van der Waals surface area contributed by atoms with Crippen LogP contribution in [0.15, 0.2) is 48.5 Å². The molecule has 0 atom stereocenters. The van der Waals surface area contributed by atoms with Gasteiger partial charge in [-0.15, -0.1) is 0 Å². The molecule has 2 aromatic carbocycles. The summed E-state index contributed by atoms with van der Waals surface area (Å²) < 4.78 is 49.3. The highest BCUT2D eigenvalue weighted by molar-refractivity contribution is 6.02. The Kier molecular flexibility index (Phi) is 8.12. The lowest BCUT2D eigenvalue weighted by Crippen LogP contribution is -2.10. The van der Waals surface area contributed by atoms with Crippen LogP contribution in [0.3, 0.4) is 0 Å². The molecule has 0 saturated carbocycles. The number of ether oxygens (including phenoxy) is 2. The maximum atomic E-state index is 12.7. The largest absolute Gasteiger partial charge is 0.493 e. The number of anilines is 1. The standard InChI is InChI=1S/C22H24F3NO3/c1-3-4-5-13-29-19-11-9-16(14-20(19)28-2)10-12-21(27)26-18-8-6-7-17(15-18)22(23,24)25/h6-12,14-15H,3-5,13H2,1-2H3,(H,26,27). The van der Waals surface area contributed by atoms with E-state index >= 15 is 0 Å². The Morgan fingerprint density at radius 2 is 1.90 bits per heavy atom. The number of amides is 1. The molecule has 0 aliphatic heterocycles. The maximum absolute atomic E-state index is 12.7. The van der Waals surface area contributed by atoms with Crippen molar-refractivity contribution in [1.29, 1.82) is 0 Å². The van der Waals surface area contributed by atoms with Crippen molar-refractivity contribution >= 4 is 17.7 Å². The first kappa shape index (κ1) is 22.3. The highest BCUT2D eigenvalue weighted by Gasteiger charge is 2.30. The van der Waals surface area contributed by atoms with E-state index in [2.05, 4.69) is 12.2 Å². The molecule has 0 aliphatic carbocycles. The van der Waals surface area contributed by atoms with Crippen LogP contribution in [-0.4, -0.2) is 19.6 Å². The van der Waals surface area contributed by atoms with Gasteiger partial charge in [-0.2, -0.15) is 13.2 Å². The van der Waals surface area contributed by atoms with E-state index < -0.39 is 17.6 Å². The predicted molar refractivity (Wildman–Crippen MR) is 107 cm³/mol. The quantitative estimate of drug-likeness (QED) is 0.414. The van der Waals surface area contributed by atoms with E-state index in [1.54, 1.807) is 24.3 Å². The Morgan fingerprint density at radius 3 is 2.59 bits per heavy atom. The fraction of sp³-hybridized carbons (Fsp3) is 0.318. The monoisotopic (exact) mass is 407 g/mol. The molecule has 0 unspecified atom stereocenters. The summed E-state index contributed by atoms with van der Waals surface area (Å²) in [5.74, 6) is 0.624. The summed E-state index contributed by atoms with van der Waals surface area (Å²) in [7, 11) is 1.53. The summed E-state index contributed by atoms with van der Waals surface area (Å²) in [6.07, 6.45) is 1.48. The minimum Gasteiger partial charge on any atom is -0.493 e. The molecular weight excluding hydrogens is 383 g/mol. The van der Waals surface area contributed by atoms with Crippen molar-refractivity contribution in [1.82, 2.24) is 0 Å². The fourth-order valence-corrected chi connectivity index (χ4v) is 2.57. The topological polar surface area (TPSA) is 47.6 Å². The third kappa shape index (κ3) is 7.18. The lowest BCUT2D eigenvalue weighted by atomic mass is 10.1. The van der Waals surface area contributed by atoms with Gasteiger partial charge >= 0.3 is 6.18 Å². The number of hydrogen-bond acceptors (Lipinski definition) is 3. The van der Waals surface area contributed by atoms with E-state index in [0.29, 0.717) is 23.7 Å². The van der Waals surface area contributed by atoms with Crippen molar-refractivity contribution in [2.75, 3.05) is 19.0 Å². The van der Waals surface area contributed by atoms with E-state index in [1.807, 2.05) is 0 Å². The molecule has 0 heterocycles. The van der Waals surface area contributed by atoms with Gasteiger partial charge in [0.15, 0.2) is 11.5 Å². The van der Waals surface area contributed by atoms with Crippen molar-refractivity contribution in [3.8, 4) is 11.5 Å². The van der Waals surface area contributed by atoms with Gasteiger partial charge in [-0.25, -0.2) is 0 Å². The Hall–Kier alpha value is -2.96. The van der Waals surface area contributed by atoms with Crippen molar-refractivity contribution in [2.24, 2.45) is 0 Å². The van der Waals surface area contributed by atoms with Gasteiger partial charge < -0.3 is 14.8 Å². The number of benzene rings is 2. The van der Waals surface area contributed by atoms with E-state index in [9.17, 15) is 18.0 Å². The molecule has 0 spiro atoms. The number of alkyl halides is 3. The van der Waals surface area contributed by atoms with Crippen LogP contribution >= 0.6 is 0 Å². The third-order valence-electron chi connectivity index (χ3n) is 4.08. The molecular formula is C22H24F3NO3. The molecule has 156 valence electrons. The molecule has 1 amide bonds. The third-order valence-corrected chi connectivity index (χ3v) is 4.08. The Bertz CT molecular complexity index is 847. The molecule has 0 saturated heterocycles. The second-order valence-corrected chi connectivity index (χ2v) is 6.37. The molecule has 2 rings (SSSR count). The molecule has 0 bridgehead atoms. The fourth-order valence-electron chi connectivity index (χ4n) is 2.57. The molecule has 0 aliphatic rings. The molecule has 0 aromatic heterocycles. The number of unbranched alkanes of at least 4 members (excludes halogenated alkanes) is 2. The molecule has 2 aromatic rings. The van der Waals surface area contributed by atoms with Gasteiger partial charge in [-0.05, 0) is 48.4 Å². The van der Waals surface area contributed by atoms with Gasteiger partial charge in [-0.1, -0.05) is 31.9 Å². The van der Waals surface area contributed by atoms with Crippen LogP contribution in [0.5, 0.6) is 11.5 Å². The lowest BCUT2D eigenvalue weighted by Gasteiger charge is -2.11. The SMILES string of the molecule is CCCCCOc1ccc(C=CC(=O)Nc2cccc(C(F)(F)F)c2)cc1OC. The van der Waals surface area contributed by atoms with E-state index in [-0.39, 0.29) is 5.69 Å². The molecule has 1 N–H and O–H groups in total. The number of nitrogens with one attached hydrogen (secondary N) is 1. The van der Waals surface area contributed by atoms with Crippen LogP contribution in [0.1, 0.15) is 37.3 Å². The van der Waals surface area contributed by atoms with Crippen LogP contribution in [-0.2, 0) is 11.0 Å². The predicted octanol–water partition coefficient (Wildman–Crippen LogP) is 5.93. The molecule has 0 fully saturated rings.